The van der Waals surface area contributed by atoms with Gasteiger partial charge in [-0.15, -0.1) is 0 Å². The lowest BCUT2D eigenvalue weighted by molar-refractivity contribution is -0.0435. The number of sulfone groups is 1. The zero-order valence-corrected chi connectivity index (χ0v) is 11.8. The number of benzene rings is 1. The molecule has 0 aromatic heterocycles. The maximum Gasteiger partial charge on any atom is 0.501 e. The number of halogens is 3. The number of nitrogens with one attached hydrogen (secondary N) is 1. The highest BCUT2D eigenvalue weighted by molar-refractivity contribution is 7.92. The lowest BCUT2D eigenvalue weighted by atomic mass is 9.80. The van der Waals surface area contributed by atoms with Gasteiger partial charge in [0.1, 0.15) is 0 Å². The van der Waals surface area contributed by atoms with Gasteiger partial charge in [0.25, 0.3) is 9.84 Å². The van der Waals surface area contributed by atoms with Gasteiger partial charge in [0, 0.05) is 6.04 Å². The molecule has 0 amide bonds. The van der Waals surface area contributed by atoms with Crippen LogP contribution in [-0.4, -0.2) is 20.0 Å². The molecule has 1 fully saturated rings. The van der Waals surface area contributed by atoms with Crippen molar-refractivity contribution in [2.24, 2.45) is 5.92 Å². The van der Waals surface area contributed by atoms with Crippen molar-refractivity contribution in [1.82, 2.24) is 0 Å². The monoisotopic (exact) mass is 307 g/mol. The second-order valence-electron chi connectivity index (χ2n) is 5.07. The zero-order chi connectivity index (χ0) is 15.0. The number of alkyl halides is 3. The molecule has 112 valence electrons. The van der Waals surface area contributed by atoms with Gasteiger partial charge < -0.3 is 5.32 Å². The number of anilines is 1. The summed E-state index contributed by atoms with van der Waals surface area (Å²) in [5.41, 5.74) is -5.27. The van der Waals surface area contributed by atoms with Crippen molar-refractivity contribution in [2.75, 3.05) is 5.32 Å². The third kappa shape index (κ3) is 2.77. The fourth-order valence-corrected chi connectivity index (χ4v) is 3.17. The van der Waals surface area contributed by atoms with E-state index in [0.29, 0.717) is 5.92 Å². The van der Waals surface area contributed by atoms with Crippen LogP contribution in [0.5, 0.6) is 0 Å². The summed E-state index contributed by atoms with van der Waals surface area (Å²) in [5.74, 6) is 0.386. The first-order valence-corrected chi connectivity index (χ1v) is 7.88. The van der Waals surface area contributed by atoms with Gasteiger partial charge in [-0.25, -0.2) is 8.42 Å². The molecule has 1 unspecified atom stereocenters. The lowest BCUT2D eigenvalue weighted by Crippen LogP contribution is -2.32. The Morgan fingerprint density at radius 1 is 1.25 bits per heavy atom. The first kappa shape index (κ1) is 15.2. The van der Waals surface area contributed by atoms with Crippen LogP contribution in [0, 0.1) is 5.92 Å². The molecule has 1 aliphatic rings. The van der Waals surface area contributed by atoms with Gasteiger partial charge in [-0.05, 0) is 37.8 Å². The summed E-state index contributed by atoms with van der Waals surface area (Å²) in [5, 5.41) is 2.91. The predicted octanol–water partition coefficient (Wildman–Crippen LogP) is 3.58. The Bertz CT molecular complexity index is 580. The summed E-state index contributed by atoms with van der Waals surface area (Å²) in [4.78, 5) is -0.710. The highest BCUT2D eigenvalue weighted by Crippen LogP contribution is 2.36. The van der Waals surface area contributed by atoms with Crippen molar-refractivity contribution in [1.29, 1.82) is 0 Å². The van der Waals surface area contributed by atoms with E-state index < -0.39 is 20.2 Å². The molecule has 2 rings (SSSR count). The highest BCUT2D eigenvalue weighted by Gasteiger charge is 2.48. The number of hydrogen-bond donors (Lipinski definition) is 1. The van der Waals surface area contributed by atoms with E-state index in [0.717, 1.165) is 25.3 Å². The fraction of sp³-hybridized carbons (Fsp3) is 0.538. The molecule has 1 N–H and O–H groups in total. The molecule has 0 radical (unpaired) electrons. The van der Waals surface area contributed by atoms with E-state index in [-0.39, 0.29) is 11.7 Å². The van der Waals surface area contributed by atoms with Crippen molar-refractivity contribution in [2.45, 2.75) is 42.6 Å². The van der Waals surface area contributed by atoms with Gasteiger partial charge in [-0.1, -0.05) is 18.6 Å². The predicted molar refractivity (Wildman–Crippen MR) is 70.1 cm³/mol. The van der Waals surface area contributed by atoms with Gasteiger partial charge >= 0.3 is 5.51 Å². The minimum atomic E-state index is -5.33. The quantitative estimate of drug-likeness (QED) is 0.925. The molecule has 1 atom stereocenters. The van der Waals surface area contributed by atoms with E-state index in [1.807, 2.05) is 6.92 Å². The molecular formula is C13H16F3NO2S. The molecule has 0 aliphatic heterocycles. The first-order chi connectivity index (χ1) is 9.23. The lowest BCUT2D eigenvalue weighted by Gasteiger charge is -2.33. The molecule has 1 aromatic rings. The molecule has 0 saturated heterocycles. The van der Waals surface area contributed by atoms with E-state index >= 15 is 0 Å². The average molecular weight is 307 g/mol. The molecule has 0 heterocycles. The highest BCUT2D eigenvalue weighted by atomic mass is 32.2. The summed E-state index contributed by atoms with van der Waals surface area (Å²) in [6.45, 7) is 1.86. The topological polar surface area (TPSA) is 46.2 Å². The smallest absolute Gasteiger partial charge is 0.381 e. The summed E-state index contributed by atoms with van der Waals surface area (Å²) in [7, 11) is -5.33. The number of hydrogen-bond acceptors (Lipinski definition) is 3. The second kappa shape index (κ2) is 5.27. The van der Waals surface area contributed by atoms with Crippen molar-refractivity contribution >= 4 is 15.5 Å². The van der Waals surface area contributed by atoms with Crippen LogP contribution in [0.4, 0.5) is 18.9 Å². The average Bonchev–Trinajstić information content (AvgIpc) is 2.25. The van der Waals surface area contributed by atoms with Crippen molar-refractivity contribution in [3.05, 3.63) is 24.3 Å². The van der Waals surface area contributed by atoms with Crippen LogP contribution in [0.15, 0.2) is 29.2 Å². The Balaban J connectivity index is 2.31. The summed E-state index contributed by atoms with van der Waals surface area (Å²) >= 11 is 0. The van der Waals surface area contributed by atoms with E-state index in [9.17, 15) is 21.6 Å². The van der Waals surface area contributed by atoms with Crippen LogP contribution in [0.3, 0.4) is 0 Å². The van der Waals surface area contributed by atoms with Crippen LogP contribution in [0.1, 0.15) is 26.2 Å². The molecule has 0 spiro atoms. The summed E-state index contributed by atoms with van der Waals surface area (Å²) in [6.07, 6.45) is 3.14. The largest absolute Gasteiger partial charge is 0.501 e. The van der Waals surface area contributed by atoms with Crippen molar-refractivity contribution < 1.29 is 21.6 Å². The van der Waals surface area contributed by atoms with Crippen LogP contribution in [0.25, 0.3) is 0 Å². The Hall–Kier alpha value is -1.24. The Morgan fingerprint density at radius 2 is 1.85 bits per heavy atom. The molecule has 3 nitrogen and oxygen atoms in total. The van der Waals surface area contributed by atoms with Gasteiger partial charge in [-0.3, -0.25) is 0 Å². The minimum absolute atomic E-state index is 0.0178. The molecule has 1 saturated carbocycles. The normalized spacial score (nSPS) is 18.4. The Morgan fingerprint density at radius 3 is 2.35 bits per heavy atom. The number of rotatable bonds is 4. The molecule has 0 bridgehead atoms. The van der Waals surface area contributed by atoms with Gasteiger partial charge in [0.2, 0.25) is 0 Å². The Labute approximate surface area is 116 Å². The minimum Gasteiger partial charge on any atom is -0.381 e. The molecule has 20 heavy (non-hydrogen) atoms. The van der Waals surface area contributed by atoms with Crippen molar-refractivity contribution in [3.63, 3.8) is 0 Å². The molecule has 1 aromatic carbocycles. The maximum atomic E-state index is 12.7. The molecule has 1 aliphatic carbocycles. The second-order valence-corrected chi connectivity index (χ2v) is 6.98. The third-order valence-electron chi connectivity index (χ3n) is 3.72. The standard InChI is InChI=1S/C13H16F3NO2S/c1-9(10-5-4-6-10)17-11-7-2-3-8-12(11)20(18,19)13(14,15)16/h2-3,7-10,17H,4-6H2,1H3. The van der Waals surface area contributed by atoms with Gasteiger partial charge in [-0.2, -0.15) is 13.2 Å². The molecular weight excluding hydrogens is 291 g/mol. The van der Waals surface area contributed by atoms with Crippen LogP contribution in [-0.2, 0) is 9.84 Å². The van der Waals surface area contributed by atoms with Gasteiger partial charge in [0.15, 0.2) is 0 Å². The number of para-hydroxylation sites is 1. The molecule has 7 heteroatoms. The summed E-state index contributed by atoms with van der Waals surface area (Å²) in [6, 6.07) is 5.11. The third-order valence-corrected chi connectivity index (χ3v) is 5.27. The van der Waals surface area contributed by atoms with Crippen molar-refractivity contribution in [3.8, 4) is 0 Å². The van der Waals surface area contributed by atoms with Crippen LogP contribution in [0.2, 0.25) is 0 Å². The first-order valence-electron chi connectivity index (χ1n) is 6.40. The SMILES string of the molecule is CC(Nc1ccccc1S(=O)(=O)C(F)(F)F)C1CCC1. The maximum absolute atomic E-state index is 12.7. The van der Waals surface area contributed by atoms with Gasteiger partial charge in [0.05, 0.1) is 10.6 Å². The summed E-state index contributed by atoms with van der Waals surface area (Å²) < 4.78 is 61.1. The Kier molecular flexibility index (Phi) is 4.00. The zero-order valence-electron chi connectivity index (χ0n) is 10.9. The van der Waals surface area contributed by atoms with E-state index in [1.165, 1.54) is 18.2 Å². The van der Waals surface area contributed by atoms with E-state index in [2.05, 4.69) is 5.32 Å². The van der Waals surface area contributed by atoms with Crippen LogP contribution < -0.4 is 5.32 Å². The van der Waals surface area contributed by atoms with Crippen LogP contribution >= 0.6 is 0 Å². The van der Waals surface area contributed by atoms with E-state index in [4.69, 9.17) is 0 Å². The fourth-order valence-electron chi connectivity index (χ4n) is 2.25. The van der Waals surface area contributed by atoms with E-state index in [1.54, 1.807) is 0 Å².